The summed E-state index contributed by atoms with van der Waals surface area (Å²) < 4.78 is 10.7. The van der Waals surface area contributed by atoms with Crippen molar-refractivity contribution in [2.45, 2.75) is 27.2 Å². The zero-order chi connectivity index (χ0) is 14.1. The number of methoxy groups -OCH3 is 1. The quantitative estimate of drug-likeness (QED) is 0.811. The normalized spacial score (nSPS) is 9.26. The van der Waals surface area contributed by atoms with E-state index in [-0.39, 0.29) is 0 Å². The van der Waals surface area contributed by atoms with Gasteiger partial charge in [0, 0.05) is 6.07 Å². The van der Waals surface area contributed by atoms with E-state index in [0.29, 0.717) is 11.6 Å². The maximum atomic E-state index is 5.70. The first kappa shape index (κ1) is 15.0. The first-order chi connectivity index (χ1) is 9.31. The molecule has 0 saturated carbocycles. The zero-order valence-corrected chi connectivity index (χ0v) is 12.0. The summed E-state index contributed by atoms with van der Waals surface area (Å²) >= 11 is 0. The number of rotatable bonds is 4. The lowest BCUT2D eigenvalue weighted by Gasteiger charge is -2.07. The summed E-state index contributed by atoms with van der Waals surface area (Å²) in [6.45, 7) is 6.12. The molecule has 0 saturated heterocycles. The minimum atomic E-state index is 0.583. The van der Waals surface area contributed by atoms with Crippen LogP contribution in [0.25, 0.3) is 0 Å². The summed E-state index contributed by atoms with van der Waals surface area (Å²) in [4.78, 5) is 4.09. The van der Waals surface area contributed by atoms with E-state index in [1.54, 1.807) is 19.4 Å². The van der Waals surface area contributed by atoms with Crippen molar-refractivity contribution in [3.05, 3.63) is 48.2 Å². The molecule has 0 unspecified atom stereocenters. The molecule has 0 amide bonds. The van der Waals surface area contributed by atoms with Gasteiger partial charge in [0.2, 0.25) is 5.88 Å². The smallest absolute Gasteiger partial charge is 0.213 e. The van der Waals surface area contributed by atoms with Crippen LogP contribution in [0.15, 0.2) is 42.6 Å². The highest BCUT2D eigenvalue weighted by atomic mass is 16.5. The van der Waals surface area contributed by atoms with Crippen molar-refractivity contribution in [1.82, 2.24) is 4.98 Å². The van der Waals surface area contributed by atoms with Gasteiger partial charge in [0.25, 0.3) is 0 Å². The second-order valence-corrected chi connectivity index (χ2v) is 3.64. The molecule has 0 bridgehead atoms. The van der Waals surface area contributed by atoms with Gasteiger partial charge in [-0.3, -0.25) is 0 Å². The van der Waals surface area contributed by atoms with Crippen LogP contribution in [0.2, 0.25) is 0 Å². The van der Waals surface area contributed by atoms with Crippen LogP contribution in [0.3, 0.4) is 0 Å². The summed E-state index contributed by atoms with van der Waals surface area (Å²) in [6, 6.07) is 11.7. The fourth-order valence-electron chi connectivity index (χ4n) is 1.51. The molecule has 3 nitrogen and oxygen atoms in total. The van der Waals surface area contributed by atoms with Crippen molar-refractivity contribution in [2.75, 3.05) is 7.11 Å². The third-order valence-electron chi connectivity index (χ3n) is 2.46. The van der Waals surface area contributed by atoms with Gasteiger partial charge < -0.3 is 9.47 Å². The largest absolute Gasteiger partial charge is 0.481 e. The molecule has 0 atom stereocenters. The Balaban J connectivity index is 0.000000861. The minimum Gasteiger partial charge on any atom is -0.481 e. The van der Waals surface area contributed by atoms with Crippen molar-refractivity contribution >= 4 is 0 Å². The molecule has 3 heteroatoms. The Morgan fingerprint density at radius 2 is 1.84 bits per heavy atom. The Morgan fingerprint density at radius 1 is 1.05 bits per heavy atom. The fraction of sp³-hybridized carbons (Fsp3) is 0.312. The van der Waals surface area contributed by atoms with Crippen LogP contribution in [-0.4, -0.2) is 12.1 Å². The van der Waals surface area contributed by atoms with Gasteiger partial charge in [0.15, 0.2) is 0 Å². The Labute approximate surface area is 115 Å². The van der Waals surface area contributed by atoms with Crippen LogP contribution in [0.4, 0.5) is 0 Å². The van der Waals surface area contributed by atoms with Crippen LogP contribution in [-0.2, 0) is 6.42 Å². The lowest BCUT2D eigenvalue weighted by Crippen LogP contribution is -1.89. The molecule has 0 aliphatic heterocycles. The van der Waals surface area contributed by atoms with Gasteiger partial charge in [0.05, 0.1) is 13.3 Å². The molecule has 19 heavy (non-hydrogen) atoms. The van der Waals surface area contributed by atoms with Crippen molar-refractivity contribution in [3.8, 4) is 17.4 Å². The van der Waals surface area contributed by atoms with Gasteiger partial charge in [-0.25, -0.2) is 4.98 Å². The minimum absolute atomic E-state index is 0.583. The zero-order valence-electron chi connectivity index (χ0n) is 12.0. The molecule has 0 aliphatic carbocycles. The van der Waals surface area contributed by atoms with E-state index < -0.39 is 0 Å². The predicted molar refractivity (Wildman–Crippen MR) is 78.0 cm³/mol. The number of aryl methyl sites for hydroxylation is 1. The van der Waals surface area contributed by atoms with Crippen molar-refractivity contribution in [2.24, 2.45) is 0 Å². The molecule has 102 valence electrons. The number of hydrogen-bond donors (Lipinski definition) is 0. The van der Waals surface area contributed by atoms with Gasteiger partial charge in [-0.15, -0.1) is 0 Å². The predicted octanol–water partition coefficient (Wildman–Crippen LogP) is 4.47. The van der Waals surface area contributed by atoms with Crippen LogP contribution in [0, 0.1) is 0 Å². The van der Waals surface area contributed by atoms with E-state index in [2.05, 4.69) is 18.0 Å². The second-order valence-electron chi connectivity index (χ2n) is 3.64. The average Bonchev–Trinajstić information content (AvgIpc) is 2.50. The molecule has 2 rings (SSSR count). The SMILES string of the molecule is CC.CCc1cccc(Oc2ccc(OC)nc2)c1. The average molecular weight is 259 g/mol. The summed E-state index contributed by atoms with van der Waals surface area (Å²) in [7, 11) is 1.59. The lowest BCUT2D eigenvalue weighted by molar-refractivity contribution is 0.395. The van der Waals surface area contributed by atoms with E-state index >= 15 is 0 Å². The molecule has 0 radical (unpaired) electrons. The number of benzene rings is 1. The number of ether oxygens (including phenoxy) is 2. The fourth-order valence-corrected chi connectivity index (χ4v) is 1.51. The number of aromatic nitrogens is 1. The molecular formula is C16H21NO2. The van der Waals surface area contributed by atoms with Crippen molar-refractivity contribution in [1.29, 1.82) is 0 Å². The standard InChI is InChI=1S/C14H15NO2.C2H6/c1-3-11-5-4-6-12(9-11)17-13-7-8-14(16-2)15-10-13;1-2/h4-10H,3H2,1-2H3;1-2H3. The van der Waals surface area contributed by atoms with Crippen LogP contribution in [0.5, 0.6) is 17.4 Å². The number of hydrogen-bond acceptors (Lipinski definition) is 3. The molecule has 0 aliphatic rings. The van der Waals surface area contributed by atoms with Gasteiger partial charge >= 0.3 is 0 Å². The maximum absolute atomic E-state index is 5.70. The van der Waals surface area contributed by atoms with Crippen molar-refractivity contribution in [3.63, 3.8) is 0 Å². The summed E-state index contributed by atoms with van der Waals surface area (Å²) in [5, 5.41) is 0. The molecule has 0 fully saturated rings. The highest BCUT2D eigenvalue weighted by Crippen LogP contribution is 2.22. The van der Waals surface area contributed by atoms with Crippen LogP contribution >= 0.6 is 0 Å². The van der Waals surface area contributed by atoms with E-state index in [1.807, 2.05) is 38.1 Å². The molecule has 0 N–H and O–H groups in total. The Bertz CT molecular complexity index is 480. The monoisotopic (exact) mass is 259 g/mol. The van der Waals surface area contributed by atoms with Crippen LogP contribution < -0.4 is 9.47 Å². The van der Waals surface area contributed by atoms with E-state index in [9.17, 15) is 0 Å². The number of pyridine rings is 1. The highest BCUT2D eigenvalue weighted by Gasteiger charge is 1.99. The third-order valence-corrected chi connectivity index (χ3v) is 2.46. The Kier molecular flexibility index (Phi) is 6.44. The Morgan fingerprint density at radius 3 is 2.42 bits per heavy atom. The van der Waals surface area contributed by atoms with E-state index in [0.717, 1.165) is 12.2 Å². The second kappa shape index (κ2) is 8.14. The van der Waals surface area contributed by atoms with Crippen molar-refractivity contribution < 1.29 is 9.47 Å². The molecule has 1 aromatic carbocycles. The topological polar surface area (TPSA) is 31.4 Å². The van der Waals surface area contributed by atoms with E-state index in [4.69, 9.17) is 9.47 Å². The third kappa shape index (κ3) is 4.62. The summed E-state index contributed by atoms with van der Waals surface area (Å²) in [5.74, 6) is 2.12. The van der Waals surface area contributed by atoms with E-state index in [1.165, 1.54) is 5.56 Å². The summed E-state index contributed by atoms with van der Waals surface area (Å²) in [5.41, 5.74) is 1.25. The molecule has 2 aromatic rings. The van der Waals surface area contributed by atoms with Crippen LogP contribution in [0.1, 0.15) is 26.3 Å². The molecular weight excluding hydrogens is 238 g/mol. The molecule has 0 spiro atoms. The Hall–Kier alpha value is -2.03. The van der Waals surface area contributed by atoms with Gasteiger partial charge in [-0.1, -0.05) is 32.9 Å². The van der Waals surface area contributed by atoms with Gasteiger partial charge in [-0.2, -0.15) is 0 Å². The molecule has 1 heterocycles. The molecule has 1 aromatic heterocycles. The lowest BCUT2D eigenvalue weighted by atomic mass is 10.2. The summed E-state index contributed by atoms with van der Waals surface area (Å²) in [6.07, 6.45) is 2.65. The van der Waals surface area contributed by atoms with Gasteiger partial charge in [0.1, 0.15) is 11.5 Å². The number of nitrogens with zero attached hydrogens (tertiary/aromatic N) is 1. The maximum Gasteiger partial charge on any atom is 0.213 e. The van der Waals surface area contributed by atoms with Gasteiger partial charge in [-0.05, 0) is 30.2 Å². The first-order valence-corrected chi connectivity index (χ1v) is 6.58. The first-order valence-electron chi connectivity index (χ1n) is 6.58. The highest BCUT2D eigenvalue weighted by molar-refractivity contribution is 5.33.